The van der Waals surface area contributed by atoms with Crippen LogP contribution >= 0.6 is 0 Å². The van der Waals surface area contributed by atoms with Crippen molar-refractivity contribution in [2.45, 2.75) is 18.9 Å². The molecule has 0 saturated heterocycles. The van der Waals surface area contributed by atoms with E-state index in [1.165, 1.54) is 20.3 Å². The number of phenols is 1. The van der Waals surface area contributed by atoms with Crippen molar-refractivity contribution in [2.75, 3.05) is 14.2 Å². The Morgan fingerprint density at radius 2 is 1.95 bits per heavy atom. The zero-order valence-electron chi connectivity index (χ0n) is 11.9. The summed E-state index contributed by atoms with van der Waals surface area (Å²) in [7, 11) is 2.84. The minimum Gasteiger partial charge on any atom is -0.507 e. The van der Waals surface area contributed by atoms with E-state index in [2.05, 4.69) is 0 Å². The molecule has 2 aliphatic rings. The van der Waals surface area contributed by atoms with E-state index < -0.39 is 11.6 Å². The number of methoxy groups -OCH3 is 2. The van der Waals surface area contributed by atoms with Crippen LogP contribution in [0.15, 0.2) is 17.9 Å². The van der Waals surface area contributed by atoms with Gasteiger partial charge < -0.3 is 19.3 Å². The summed E-state index contributed by atoms with van der Waals surface area (Å²) in [6, 6.07) is 2.92. The first-order valence-corrected chi connectivity index (χ1v) is 6.38. The molecule has 1 aliphatic heterocycles. The molecule has 1 aromatic rings. The first kappa shape index (κ1) is 13.5. The van der Waals surface area contributed by atoms with Crippen LogP contribution in [0.25, 0.3) is 5.57 Å². The largest absolute Gasteiger partial charge is 0.507 e. The summed E-state index contributed by atoms with van der Waals surface area (Å²) in [5, 5.41) is 10.0. The quantitative estimate of drug-likeness (QED) is 0.834. The van der Waals surface area contributed by atoms with Crippen LogP contribution in [0.4, 0.5) is 0 Å². The lowest BCUT2D eigenvalue weighted by Crippen LogP contribution is -2.36. The number of ketones is 1. The van der Waals surface area contributed by atoms with Gasteiger partial charge in [-0.2, -0.15) is 0 Å². The summed E-state index contributed by atoms with van der Waals surface area (Å²) in [5.41, 5.74) is -0.176. The van der Waals surface area contributed by atoms with Crippen molar-refractivity contribution in [3.05, 3.63) is 29.0 Å². The molecule has 21 heavy (non-hydrogen) atoms. The number of hydrogen-bond acceptors (Lipinski definition) is 6. The number of benzene rings is 1. The fourth-order valence-corrected chi connectivity index (χ4v) is 2.95. The Balaban J connectivity index is 2.37. The van der Waals surface area contributed by atoms with Gasteiger partial charge in [0.2, 0.25) is 5.78 Å². The van der Waals surface area contributed by atoms with Crippen LogP contribution in [-0.4, -0.2) is 36.7 Å². The van der Waals surface area contributed by atoms with Crippen molar-refractivity contribution >= 4 is 17.3 Å². The lowest BCUT2D eigenvalue weighted by atomic mass is 9.85. The molecule has 1 N–H and O–H groups in total. The van der Waals surface area contributed by atoms with Crippen molar-refractivity contribution < 1.29 is 28.9 Å². The van der Waals surface area contributed by atoms with E-state index in [0.29, 0.717) is 16.9 Å². The van der Waals surface area contributed by atoms with Crippen LogP contribution in [0.3, 0.4) is 0 Å². The highest BCUT2D eigenvalue weighted by Crippen LogP contribution is 2.50. The predicted molar refractivity (Wildman–Crippen MR) is 72.0 cm³/mol. The first-order valence-electron chi connectivity index (χ1n) is 6.38. The molecule has 0 amide bonds. The van der Waals surface area contributed by atoms with Gasteiger partial charge in [-0.15, -0.1) is 0 Å². The smallest absolute Gasteiger partial charge is 0.343 e. The SMILES string of the molecule is COC1=C2c3cc(OC)cc(O)c3C(=O)O[C@@]2(C)CC1=O. The molecular weight excluding hydrogens is 276 g/mol. The lowest BCUT2D eigenvalue weighted by molar-refractivity contribution is -0.119. The van der Waals surface area contributed by atoms with E-state index in [0.717, 1.165) is 0 Å². The van der Waals surface area contributed by atoms with Crippen LogP contribution in [0.2, 0.25) is 0 Å². The van der Waals surface area contributed by atoms with Gasteiger partial charge in [0.15, 0.2) is 5.76 Å². The van der Waals surface area contributed by atoms with E-state index >= 15 is 0 Å². The highest BCUT2D eigenvalue weighted by Gasteiger charge is 2.51. The maximum atomic E-state index is 12.2. The number of phenolic OH excluding ortho intramolecular Hbond substituents is 1. The van der Waals surface area contributed by atoms with Crippen LogP contribution in [0.5, 0.6) is 11.5 Å². The van der Waals surface area contributed by atoms with Gasteiger partial charge in [-0.1, -0.05) is 0 Å². The van der Waals surface area contributed by atoms with E-state index in [1.54, 1.807) is 13.0 Å². The van der Waals surface area contributed by atoms with Gasteiger partial charge in [0.25, 0.3) is 0 Å². The summed E-state index contributed by atoms with van der Waals surface area (Å²) in [6.45, 7) is 1.66. The summed E-state index contributed by atoms with van der Waals surface area (Å²) in [4.78, 5) is 24.2. The van der Waals surface area contributed by atoms with Gasteiger partial charge in [0, 0.05) is 17.2 Å². The third-order valence-corrected chi connectivity index (χ3v) is 3.83. The number of rotatable bonds is 2. The molecule has 0 aromatic heterocycles. The first-order chi connectivity index (χ1) is 9.91. The standard InChI is InChI=1S/C15H14O6/c1-15-6-10(17)13(20-3)12(15)8-4-7(19-2)5-9(16)11(8)14(18)21-15/h4-5,16H,6H2,1-3H3/t15-/m0/s1. The second kappa shape index (κ2) is 4.25. The molecule has 0 saturated carbocycles. The molecule has 6 nitrogen and oxygen atoms in total. The number of esters is 1. The molecule has 0 bridgehead atoms. The van der Waals surface area contributed by atoms with Gasteiger partial charge in [-0.05, 0) is 13.0 Å². The van der Waals surface area contributed by atoms with Gasteiger partial charge in [-0.3, -0.25) is 4.79 Å². The average molecular weight is 290 g/mol. The Kier molecular flexibility index (Phi) is 2.73. The van der Waals surface area contributed by atoms with E-state index in [-0.39, 0.29) is 29.3 Å². The van der Waals surface area contributed by atoms with Gasteiger partial charge in [0.05, 0.1) is 20.6 Å². The highest BCUT2D eigenvalue weighted by atomic mass is 16.6. The number of aromatic hydroxyl groups is 1. The Bertz CT molecular complexity index is 702. The van der Waals surface area contributed by atoms with Gasteiger partial charge in [0.1, 0.15) is 22.7 Å². The molecule has 1 aromatic carbocycles. The van der Waals surface area contributed by atoms with Crippen molar-refractivity contribution in [3.63, 3.8) is 0 Å². The van der Waals surface area contributed by atoms with Crippen molar-refractivity contribution in [1.29, 1.82) is 0 Å². The molecule has 3 rings (SSSR count). The minimum absolute atomic E-state index is 0.0209. The van der Waals surface area contributed by atoms with Crippen LogP contribution < -0.4 is 4.74 Å². The molecule has 110 valence electrons. The van der Waals surface area contributed by atoms with Crippen molar-refractivity contribution in [1.82, 2.24) is 0 Å². The van der Waals surface area contributed by atoms with E-state index in [1.807, 2.05) is 0 Å². The van der Waals surface area contributed by atoms with Crippen LogP contribution in [0, 0.1) is 0 Å². The predicted octanol–water partition coefficient (Wildman–Crippen LogP) is 1.66. The molecule has 0 spiro atoms. The average Bonchev–Trinajstić information content (AvgIpc) is 2.67. The Hall–Kier alpha value is -2.50. The maximum absolute atomic E-state index is 12.2. The fraction of sp³-hybridized carbons (Fsp3) is 0.333. The summed E-state index contributed by atoms with van der Waals surface area (Å²) >= 11 is 0. The minimum atomic E-state index is -1.08. The summed E-state index contributed by atoms with van der Waals surface area (Å²) < 4.78 is 15.7. The second-order valence-corrected chi connectivity index (χ2v) is 5.20. The Labute approximate surface area is 120 Å². The molecule has 1 heterocycles. The Morgan fingerprint density at radius 3 is 2.57 bits per heavy atom. The maximum Gasteiger partial charge on any atom is 0.343 e. The van der Waals surface area contributed by atoms with Crippen LogP contribution in [-0.2, 0) is 14.3 Å². The third-order valence-electron chi connectivity index (χ3n) is 3.83. The van der Waals surface area contributed by atoms with Gasteiger partial charge in [-0.25, -0.2) is 4.79 Å². The topological polar surface area (TPSA) is 82.1 Å². The molecule has 1 atom stereocenters. The number of Topliss-reactive ketones (excluding diaryl/α,β-unsaturated/α-hetero) is 1. The molecule has 1 aliphatic carbocycles. The zero-order chi connectivity index (χ0) is 15.4. The Morgan fingerprint density at radius 1 is 1.24 bits per heavy atom. The number of hydrogen-bond donors (Lipinski definition) is 1. The number of carbonyl (C=O) groups excluding carboxylic acids is 2. The molecule has 0 fully saturated rings. The summed E-state index contributed by atoms with van der Waals surface area (Å²) in [6.07, 6.45) is 0.0225. The van der Waals surface area contributed by atoms with E-state index in [9.17, 15) is 14.7 Å². The normalized spacial score (nSPS) is 23.6. The number of fused-ring (bicyclic) bond motifs is 3. The zero-order valence-corrected chi connectivity index (χ0v) is 11.9. The third kappa shape index (κ3) is 1.72. The number of ether oxygens (including phenoxy) is 3. The monoisotopic (exact) mass is 290 g/mol. The molecular formula is C15H14O6. The highest BCUT2D eigenvalue weighted by molar-refractivity contribution is 6.14. The number of allylic oxidation sites excluding steroid dienone is 1. The molecule has 6 heteroatoms. The fourth-order valence-electron chi connectivity index (χ4n) is 2.95. The second-order valence-electron chi connectivity index (χ2n) is 5.20. The molecule has 0 unspecified atom stereocenters. The lowest BCUT2D eigenvalue weighted by Gasteiger charge is -2.33. The van der Waals surface area contributed by atoms with Gasteiger partial charge >= 0.3 is 5.97 Å². The molecule has 0 radical (unpaired) electrons. The summed E-state index contributed by atoms with van der Waals surface area (Å²) in [5.74, 6) is -0.622. The van der Waals surface area contributed by atoms with Crippen molar-refractivity contribution in [2.24, 2.45) is 0 Å². The van der Waals surface area contributed by atoms with Crippen molar-refractivity contribution in [3.8, 4) is 11.5 Å². The van der Waals surface area contributed by atoms with Crippen LogP contribution in [0.1, 0.15) is 29.3 Å². The number of carbonyl (C=O) groups is 2. The van der Waals surface area contributed by atoms with E-state index in [4.69, 9.17) is 14.2 Å².